The van der Waals surface area contributed by atoms with Crippen molar-refractivity contribution in [2.75, 3.05) is 6.54 Å². The van der Waals surface area contributed by atoms with E-state index in [1.54, 1.807) is 0 Å². The summed E-state index contributed by atoms with van der Waals surface area (Å²) in [6.45, 7) is 8.54. The van der Waals surface area contributed by atoms with E-state index in [2.05, 4.69) is 51.1 Å². The van der Waals surface area contributed by atoms with Crippen LogP contribution >= 0.6 is 0 Å². The number of aliphatic carboxylic acids is 1. The van der Waals surface area contributed by atoms with Crippen molar-refractivity contribution in [1.82, 2.24) is 4.90 Å². The molecule has 1 aliphatic rings. The summed E-state index contributed by atoms with van der Waals surface area (Å²) < 4.78 is 6.37. The Kier molecular flexibility index (Phi) is 8.01. The van der Waals surface area contributed by atoms with Crippen LogP contribution in [-0.4, -0.2) is 34.0 Å². The van der Waals surface area contributed by atoms with Gasteiger partial charge < -0.3 is 14.7 Å². The van der Waals surface area contributed by atoms with E-state index in [9.17, 15) is 14.7 Å². The summed E-state index contributed by atoms with van der Waals surface area (Å²) in [7, 11) is 0. The zero-order valence-electron chi connectivity index (χ0n) is 22.3. The van der Waals surface area contributed by atoms with Crippen LogP contribution in [-0.2, 0) is 35.4 Å². The third-order valence-corrected chi connectivity index (χ3v) is 7.07. The predicted molar refractivity (Wildman–Crippen MR) is 146 cm³/mol. The Morgan fingerprint density at radius 1 is 0.973 bits per heavy atom. The van der Waals surface area contributed by atoms with E-state index >= 15 is 0 Å². The molecule has 0 spiro atoms. The van der Waals surface area contributed by atoms with Crippen LogP contribution in [0.1, 0.15) is 66.5 Å². The highest BCUT2D eigenvalue weighted by atomic mass is 16.5. The highest BCUT2D eigenvalue weighted by Gasteiger charge is 2.35. The van der Waals surface area contributed by atoms with Crippen molar-refractivity contribution in [1.29, 1.82) is 0 Å². The Bertz CT molecular complexity index is 1250. The summed E-state index contributed by atoms with van der Waals surface area (Å²) >= 11 is 0. The minimum Gasteiger partial charge on any atom is -0.487 e. The molecule has 4 rings (SSSR count). The molecule has 37 heavy (non-hydrogen) atoms. The van der Waals surface area contributed by atoms with Gasteiger partial charge in [-0.1, -0.05) is 80.1 Å². The van der Waals surface area contributed by atoms with Crippen LogP contribution < -0.4 is 4.74 Å². The molecule has 0 saturated carbocycles. The Hall–Kier alpha value is -3.60. The van der Waals surface area contributed by atoms with Crippen molar-refractivity contribution in [2.45, 2.75) is 71.4 Å². The van der Waals surface area contributed by atoms with Gasteiger partial charge in [0.05, 0.1) is 0 Å². The molecule has 0 radical (unpaired) electrons. The lowest BCUT2D eigenvalue weighted by molar-refractivity contribution is -0.144. The Morgan fingerprint density at radius 3 is 2.27 bits per heavy atom. The van der Waals surface area contributed by atoms with Crippen molar-refractivity contribution >= 4 is 11.9 Å². The molecule has 1 atom stereocenters. The molecule has 3 aromatic rings. The molecule has 3 aromatic carbocycles. The minimum absolute atomic E-state index is 0.158. The number of amides is 1. The van der Waals surface area contributed by atoms with E-state index in [1.165, 1.54) is 16.0 Å². The molecule has 0 aliphatic carbocycles. The molecule has 0 aromatic heterocycles. The van der Waals surface area contributed by atoms with Crippen LogP contribution in [0.4, 0.5) is 0 Å². The molecule has 1 heterocycles. The number of hydrogen-bond donors (Lipinski definition) is 1. The SMILES string of the molecule is Cc1ccc(CN(CC(=O)O)C(=O)CCc2ccc3c(c2)C[C@](C)(Cc2ccc(C(C)C)cc2)O3)cc1. The summed E-state index contributed by atoms with van der Waals surface area (Å²) in [6, 6.07) is 22.8. The highest BCUT2D eigenvalue weighted by molar-refractivity contribution is 5.81. The number of rotatable bonds is 10. The minimum atomic E-state index is -1.01. The Morgan fingerprint density at radius 2 is 1.62 bits per heavy atom. The standard InChI is InChI=1S/C32H37NO4/c1-22(2)27-13-9-25(10-14-27)18-32(4)19-28-17-24(11-15-29(28)37-32)12-16-30(34)33(21-31(35)36)20-26-7-5-23(3)6-8-26/h5-11,13-15,17,22H,12,16,18-21H2,1-4H3,(H,35,36)/t32-/m0/s1. The van der Waals surface area contributed by atoms with Crippen molar-refractivity contribution in [3.8, 4) is 5.75 Å². The summed E-state index contributed by atoms with van der Waals surface area (Å²) in [6.07, 6.45) is 2.47. The van der Waals surface area contributed by atoms with Crippen LogP contribution in [0.15, 0.2) is 66.7 Å². The number of ether oxygens (including phenoxy) is 1. The molecule has 5 nitrogen and oxygen atoms in total. The summed E-state index contributed by atoms with van der Waals surface area (Å²) in [5.41, 5.74) is 6.57. The number of aryl methyl sites for hydroxylation is 2. The van der Waals surface area contributed by atoms with Crippen molar-refractivity contribution in [3.05, 3.63) is 100 Å². The lowest BCUT2D eigenvalue weighted by Crippen LogP contribution is -2.35. The summed E-state index contributed by atoms with van der Waals surface area (Å²) in [4.78, 5) is 25.8. The molecule has 0 unspecified atom stereocenters. The molecule has 1 N–H and O–H groups in total. The van der Waals surface area contributed by atoms with Gasteiger partial charge in [-0.2, -0.15) is 0 Å². The van der Waals surface area contributed by atoms with Gasteiger partial charge in [0.2, 0.25) is 5.91 Å². The molecule has 0 saturated heterocycles. The number of nitrogens with zero attached hydrogens (tertiary/aromatic N) is 1. The number of fused-ring (bicyclic) bond motifs is 1. The fourth-order valence-corrected chi connectivity index (χ4v) is 5.00. The average Bonchev–Trinajstić information content (AvgIpc) is 3.18. The molecule has 1 amide bonds. The van der Waals surface area contributed by atoms with Crippen molar-refractivity contribution in [2.24, 2.45) is 0 Å². The number of carboxylic acid groups (broad SMARTS) is 1. The quantitative estimate of drug-likeness (QED) is 0.366. The number of hydrogen-bond acceptors (Lipinski definition) is 3. The summed E-state index contributed by atoms with van der Waals surface area (Å²) in [5, 5.41) is 9.33. The first-order valence-corrected chi connectivity index (χ1v) is 13.0. The number of benzene rings is 3. The number of carboxylic acids is 1. The van der Waals surface area contributed by atoms with Crippen LogP contribution in [0.3, 0.4) is 0 Å². The second kappa shape index (κ2) is 11.2. The van der Waals surface area contributed by atoms with Gasteiger partial charge >= 0.3 is 5.97 Å². The molecule has 1 aliphatic heterocycles. The van der Waals surface area contributed by atoms with Crippen LogP contribution in [0.2, 0.25) is 0 Å². The predicted octanol–water partition coefficient (Wildman–Crippen LogP) is 6.10. The molecule has 0 bridgehead atoms. The van der Waals surface area contributed by atoms with Crippen LogP contribution in [0, 0.1) is 6.92 Å². The normalized spacial score (nSPS) is 16.4. The van der Waals surface area contributed by atoms with Gasteiger partial charge in [0.25, 0.3) is 0 Å². The van der Waals surface area contributed by atoms with Crippen molar-refractivity contribution in [3.63, 3.8) is 0 Å². The van der Waals surface area contributed by atoms with E-state index in [-0.39, 0.29) is 24.5 Å². The lowest BCUT2D eigenvalue weighted by Gasteiger charge is -2.24. The molecular weight excluding hydrogens is 462 g/mol. The van der Waals surface area contributed by atoms with Gasteiger partial charge in [-0.25, -0.2) is 0 Å². The maximum absolute atomic E-state index is 13.0. The zero-order chi connectivity index (χ0) is 26.6. The van der Waals surface area contributed by atoms with Gasteiger partial charge in [0.15, 0.2) is 0 Å². The lowest BCUT2D eigenvalue weighted by atomic mass is 9.90. The second-order valence-electron chi connectivity index (χ2n) is 10.9. The highest BCUT2D eigenvalue weighted by Crippen LogP contribution is 2.37. The molecular formula is C32H37NO4. The second-order valence-corrected chi connectivity index (χ2v) is 10.9. The first kappa shape index (κ1) is 26.5. The van der Waals surface area contributed by atoms with E-state index in [4.69, 9.17) is 4.74 Å². The molecule has 0 fully saturated rings. The molecule has 194 valence electrons. The first-order chi connectivity index (χ1) is 17.6. The third-order valence-electron chi connectivity index (χ3n) is 7.07. The Labute approximate surface area is 220 Å². The number of carbonyl (C=O) groups is 2. The largest absolute Gasteiger partial charge is 0.487 e. The smallest absolute Gasteiger partial charge is 0.323 e. The monoisotopic (exact) mass is 499 g/mol. The van der Waals surface area contributed by atoms with Crippen LogP contribution in [0.5, 0.6) is 5.75 Å². The van der Waals surface area contributed by atoms with E-state index < -0.39 is 5.97 Å². The van der Waals surface area contributed by atoms with Gasteiger partial charge in [-0.3, -0.25) is 9.59 Å². The van der Waals surface area contributed by atoms with Gasteiger partial charge in [-0.15, -0.1) is 0 Å². The number of carbonyl (C=O) groups excluding carboxylic acids is 1. The topological polar surface area (TPSA) is 66.8 Å². The van der Waals surface area contributed by atoms with Crippen molar-refractivity contribution < 1.29 is 19.4 Å². The van der Waals surface area contributed by atoms with Crippen LogP contribution in [0.25, 0.3) is 0 Å². The van der Waals surface area contributed by atoms with Gasteiger partial charge in [0, 0.05) is 25.8 Å². The van der Waals surface area contributed by atoms with E-state index in [1.807, 2.05) is 43.3 Å². The zero-order valence-corrected chi connectivity index (χ0v) is 22.3. The van der Waals surface area contributed by atoms with E-state index in [0.717, 1.165) is 40.8 Å². The third kappa shape index (κ3) is 7.00. The van der Waals surface area contributed by atoms with E-state index in [0.29, 0.717) is 18.9 Å². The Balaban J connectivity index is 1.37. The average molecular weight is 500 g/mol. The fourth-order valence-electron chi connectivity index (χ4n) is 5.00. The fraction of sp³-hybridized carbons (Fsp3) is 0.375. The maximum atomic E-state index is 13.0. The van der Waals surface area contributed by atoms with Gasteiger partial charge in [0.1, 0.15) is 17.9 Å². The first-order valence-electron chi connectivity index (χ1n) is 13.0. The summed E-state index contributed by atoms with van der Waals surface area (Å²) in [5.74, 6) is 0.256. The molecule has 5 heteroatoms. The van der Waals surface area contributed by atoms with Gasteiger partial charge in [-0.05, 0) is 60.1 Å². The maximum Gasteiger partial charge on any atom is 0.323 e.